The zero-order valence-electron chi connectivity index (χ0n) is 16.1. The summed E-state index contributed by atoms with van der Waals surface area (Å²) in [5.41, 5.74) is 2.21. The molecular weight excluding hydrogens is 350 g/mol. The molecular formula is C24H27NO3. The number of nitrogens with zero attached hydrogens (tertiary/aromatic N) is 1. The van der Waals surface area contributed by atoms with Crippen LogP contribution in [0.1, 0.15) is 30.4 Å². The van der Waals surface area contributed by atoms with Crippen molar-refractivity contribution >= 4 is 0 Å². The van der Waals surface area contributed by atoms with Crippen LogP contribution in [0.15, 0.2) is 73.3 Å². The molecule has 4 atom stereocenters. The van der Waals surface area contributed by atoms with Crippen LogP contribution in [0.4, 0.5) is 0 Å². The molecule has 2 aromatic carbocycles. The minimum absolute atomic E-state index is 0.00630. The van der Waals surface area contributed by atoms with Crippen LogP contribution in [0.3, 0.4) is 0 Å². The minimum atomic E-state index is -0.312. The molecule has 1 aliphatic heterocycles. The Labute approximate surface area is 167 Å². The van der Waals surface area contributed by atoms with Crippen molar-refractivity contribution < 1.29 is 14.2 Å². The topological polar surface area (TPSA) is 51.5 Å². The molecule has 2 aromatic rings. The fourth-order valence-electron chi connectivity index (χ4n) is 3.53. The fraction of sp³-hybridized carbons (Fsp3) is 0.375. The number of benzene rings is 2. The Bertz CT molecular complexity index is 756. The Balaban J connectivity index is 1.72. The Hall–Kier alpha value is -2.45. The van der Waals surface area contributed by atoms with E-state index in [0.717, 1.165) is 24.0 Å². The molecule has 1 aliphatic rings. The molecule has 3 rings (SSSR count). The monoisotopic (exact) mass is 377 g/mol. The van der Waals surface area contributed by atoms with Gasteiger partial charge in [-0.1, -0.05) is 66.7 Å². The second-order valence-electron chi connectivity index (χ2n) is 7.02. The van der Waals surface area contributed by atoms with E-state index in [1.165, 1.54) is 0 Å². The van der Waals surface area contributed by atoms with Gasteiger partial charge in [-0.05, 0) is 17.5 Å². The maximum atomic E-state index is 9.29. The van der Waals surface area contributed by atoms with Crippen LogP contribution in [0.25, 0.3) is 0 Å². The van der Waals surface area contributed by atoms with E-state index in [0.29, 0.717) is 13.2 Å². The lowest BCUT2D eigenvalue weighted by Gasteiger charge is -2.41. The lowest BCUT2D eigenvalue weighted by molar-refractivity contribution is -0.205. The Kier molecular flexibility index (Phi) is 7.81. The Morgan fingerprint density at radius 1 is 1.00 bits per heavy atom. The molecule has 1 heterocycles. The molecule has 0 radical (unpaired) electrons. The molecule has 1 saturated heterocycles. The molecule has 0 spiro atoms. The van der Waals surface area contributed by atoms with Gasteiger partial charge in [0.1, 0.15) is 6.10 Å². The molecule has 0 unspecified atom stereocenters. The zero-order valence-corrected chi connectivity index (χ0v) is 16.1. The normalized spacial score (nSPS) is 24.4. The first-order valence-electron chi connectivity index (χ1n) is 9.74. The molecule has 0 saturated carbocycles. The number of rotatable bonds is 9. The highest BCUT2D eigenvalue weighted by molar-refractivity contribution is 5.14. The fourth-order valence-corrected chi connectivity index (χ4v) is 3.53. The van der Waals surface area contributed by atoms with Crippen molar-refractivity contribution in [1.82, 2.24) is 0 Å². The molecule has 146 valence electrons. The summed E-state index contributed by atoms with van der Waals surface area (Å²) in [6, 6.07) is 22.4. The average molecular weight is 377 g/mol. The zero-order chi connectivity index (χ0) is 19.6. The number of ether oxygens (including phenoxy) is 3. The van der Waals surface area contributed by atoms with Gasteiger partial charge >= 0.3 is 0 Å². The van der Waals surface area contributed by atoms with Crippen LogP contribution >= 0.6 is 0 Å². The lowest BCUT2D eigenvalue weighted by Crippen LogP contribution is -2.50. The number of hydrogen-bond acceptors (Lipinski definition) is 4. The lowest BCUT2D eigenvalue weighted by atomic mass is 9.94. The van der Waals surface area contributed by atoms with Gasteiger partial charge in [-0.3, -0.25) is 0 Å². The Morgan fingerprint density at radius 3 is 2.18 bits per heavy atom. The quantitative estimate of drug-likeness (QED) is 0.589. The van der Waals surface area contributed by atoms with Gasteiger partial charge in [-0.15, -0.1) is 6.58 Å². The van der Waals surface area contributed by atoms with E-state index < -0.39 is 0 Å². The second kappa shape index (κ2) is 10.8. The summed E-state index contributed by atoms with van der Waals surface area (Å²) in [6.07, 6.45) is 2.84. The highest BCUT2D eigenvalue weighted by Gasteiger charge is 2.39. The molecule has 4 nitrogen and oxygen atoms in total. The van der Waals surface area contributed by atoms with Gasteiger partial charge in [0.2, 0.25) is 0 Å². The summed E-state index contributed by atoms with van der Waals surface area (Å²) in [5.74, 6) is 0. The van der Waals surface area contributed by atoms with Crippen molar-refractivity contribution in [3.63, 3.8) is 0 Å². The van der Waals surface area contributed by atoms with Gasteiger partial charge in [0.05, 0.1) is 44.0 Å². The average Bonchev–Trinajstić information content (AvgIpc) is 2.73. The molecule has 4 heteroatoms. The summed E-state index contributed by atoms with van der Waals surface area (Å²) < 4.78 is 18.7. The third kappa shape index (κ3) is 5.77. The van der Waals surface area contributed by atoms with E-state index in [4.69, 9.17) is 14.2 Å². The van der Waals surface area contributed by atoms with Crippen molar-refractivity contribution in [2.24, 2.45) is 0 Å². The summed E-state index contributed by atoms with van der Waals surface area (Å²) >= 11 is 0. The third-order valence-corrected chi connectivity index (χ3v) is 4.91. The summed E-state index contributed by atoms with van der Waals surface area (Å²) in [4.78, 5) is 0. The first-order chi connectivity index (χ1) is 13.8. The van der Waals surface area contributed by atoms with Crippen LogP contribution in [0.5, 0.6) is 0 Å². The van der Waals surface area contributed by atoms with Crippen molar-refractivity contribution in [3.8, 4) is 6.07 Å². The molecule has 1 fully saturated rings. The van der Waals surface area contributed by atoms with Gasteiger partial charge in [0, 0.05) is 6.42 Å². The summed E-state index contributed by atoms with van der Waals surface area (Å²) in [5, 5.41) is 9.29. The van der Waals surface area contributed by atoms with Gasteiger partial charge in [-0.25, -0.2) is 0 Å². The van der Waals surface area contributed by atoms with Gasteiger partial charge < -0.3 is 14.2 Å². The van der Waals surface area contributed by atoms with E-state index in [1.807, 2.05) is 66.7 Å². The van der Waals surface area contributed by atoms with E-state index in [2.05, 4.69) is 12.6 Å². The van der Waals surface area contributed by atoms with E-state index in [1.54, 1.807) is 0 Å². The van der Waals surface area contributed by atoms with Crippen molar-refractivity contribution in [1.29, 1.82) is 5.26 Å². The van der Waals surface area contributed by atoms with E-state index in [9.17, 15) is 5.26 Å². The number of nitriles is 1. The first kappa shape index (κ1) is 20.3. The molecule has 0 N–H and O–H groups in total. The predicted octanol–water partition coefficient (Wildman–Crippen LogP) is 4.80. The number of hydrogen-bond donors (Lipinski definition) is 0. The van der Waals surface area contributed by atoms with Gasteiger partial charge in [0.25, 0.3) is 0 Å². The maximum absolute atomic E-state index is 9.29. The maximum Gasteiger partial charge on any atom is 0.111 e. The smallest absolute Gasteiger partial charge is 0.111 e. The van der Waals surface area contributed by atoms with Crippen molar-refractivity contribution in [3.05, 3.63) is 84.4 Å². The highest BCUT2D eigenvalue weighted by Crippen LogP contribution is 2.30. The van der Waals surface area contributed by atoms with Crippen molar-refractivity contribution in [2.75, 3.05) is 0 Å². The van der Waals surface area contributed by atoms with E-state index in [-0.39, 0.29) is 30.8 Å². The molecule has 0 aromatic heterocycles. The molecule has 28 heavy (non-hydrogen) atoms. The predicted molar refractivity (Wildman–Crippen MR) is 108 cm³/mol. The molecule has 0 aliphatic carbocycles. The van der Waals surface area contributed by atoms with Gasteiger partial charge in [-0.2, -0.15) is 5.26 Å². The van der Waals surface area contributed by atoms with Gasteiger partial charge in [0.15, 0.2) is 0 Å². The molecule has 0 amide bonds. The SMILES string of the molecule is C=CC[C@H]1C[C@@H](OCc2ccccc2)[C@H](OCc2ccccc2)[C@@H](CC#N)O1. The van der Waals surface area contributed by atoms with Crippen molar-refractivity contribution in [2.45, 2.75) is 56.9 Å². The standard InChI is InChI=1S/C24H27NO3/c1-2-9-21-16-23(26-17-19-10-5-3-6-11-19)24(22(28-21)14-15-25)27-18-20-12-7-4-8-13-20/h2-8,10-13,21-24H,1,9,14,16-18H2/t21-,22+,23+,24+/m0/s1. The highest BCUT2D eigenvalue weighted by atomic mass is 16.6. The molecule has 0 bridgehead atoms. The van der Waals surface area contributed by atoms with Crippen LogP contribution in [0, 0.1) is 11.3 Å². The Morgan fingerprint density at radius 2 is 1.61 bits per heavy atom. The van der Waals surface area contributed by atoms with Crippen LogP contribution < -0.4 is 0 Å². The largest absolute Gasteiger partial charge is 0.371 e. The summed E-state index contributed by atoms with van der Waals surface area (Å²) in [6.45, 7) is 4.80. The van der Waals surface area contributed by atoms with E-state index >= 15 is 0 Å². The second-order valence-corrected chi connectivity index (χ2v) is 7.02. The third-order valence-electron chi connectivity index (χ3n) is 4.91. The minimum Gasteiger partial charge on any atom is -0.371 e. The van der Waals surface area contributed by atoms with Crippen LogP contribution in [-0.4, -0.2) is 24.4 Å². The first-order valence-corrected chi connectivity index (χ1v) is 9.74. The van der Waals surface area contributed by atoms with Crippen LogP contribution in [0.2, 0.25) is 0 Å². The summed E-state index contributed by atoms with van der Waals surface area (Å²) in [7, 11) is 0. The van der Waals surface area contributed by atoms with Crippen LogP contribution in [-0.2, 0) is 27.4 Å².